The van der Waals surface area contributed by atoms with Crippen LogP contribution in [0.25, 0.3) is 0 Å². The van der Waals surface area contributed by atoms with Crippen molar-refractivity contribution < 1.29 is 13.9 Å². The second-order valence-electron chi connectivity index (χ2n) is 4.10. The maximum atomic E-state index is 13.2. The average Bonchev–Trinajstić information content (AvgIpc) is 2.42. The predicted molar refractivity (Wildman–Crippen MR) is 75.6 cm³/mol. The van der Waals surface area contributed by atoms with Crippen LogP contribution in [0.5, 0.6) is 5.75 Å². The summed E-state index contributed by atoms with van der Waals surface area (Å²) in [6, 6.07) is 8.80. The highest BCUT2D eigenvalue weighted by molar-refractivity contribution is 6.02. The first kappa shape index (κ1) is 13.7. The van der Waals surface area contributed by atoms with Gasteiger partial charge in [0.1, 0.15) is 11.6 Å². The number of rotatable bonds is 4. The lowest BCUT2D eigenvalue weighted by Crippen LogP contribution is -2.14. The van der Waals surface area contributed by atoms with Crippen LogP contribution in [-0.2, 0) is 0 Å². The molecule has 5 N–H and O–H groups in total. The third kappa shape index (κ3) is 2.64. The number of benzene rings is 2. The molecule has 20 heavy (non-hydrogen) atoms. The predicted octanol–water partition coefficient (Wildman–Crippen LogP) is 2.26. The van der Waals surface area contributed by atoms with E-state index >= 15 is 0 Å². The molecule has 0 heterocycles. The molecule has 0 aliphatic heterocycles. The molecule has 0 atom stereocenters. The molecule has 2 aromatic carbocycles. The van der Waals surface area contributed by atoms with Crippen molar-refractivity contribution in [2.45, 2.75) is 0 Å². The normalized spacial score (nSPS) is 10.1. The molecule has 0 spiro atoms. The highest BCUT2D eigenvalue weighted by Crippen LogP contribution is 2.32. The topological polar surface area (TPSA) is 90.4 Å². The third-order valence-electron chi connectivity index (χ3n) is 2.79. The van der Waals surface area contributed by atoms with E-state index in [1.807, 2.05) is 0 Å². The number of carbonyl (C=O) groups excluding carboxylic acids is 1. The highest BCUT2D eigenvalue weighted by atomic mass is 19.1. The van der Waals surface area contributed by atoms with Gasteiger partial charge in [-0.05, 0) is 24.3 Å². The van der Waals surface area contributed by atoms with Gasteiger partial charge in [-0.3, -0.25) is 4.79 Å². The Morgan fingerprint density at radius 3 is 2.70 bits per heavy atom. The Labute approximate surface area is 115 Å². The molecule has 5 nitrogen and oxygen atoms in total. The lowest BCUT2D eigenvalue weighted by molar-refractivity contribution is 0.100. The first-order valence-electron chi connectivity index (χ1n) is 5.81. The molecule has 2 aromatic rings. The number of carbonyl (C=O) groups is 1. The number of primary amides is 1. The van der Waals surface area contributed by atoms with E-state index in [4.69, 9.17) is 16.2 Å². The van der Waals surface area contributed by atoms with Crippen molar-refractivity contribution in [3.05, 3.63) is 47.8 Å². The maximum Gasteiger partial charge on any atom is 0.250 e. The van der Waals surface area contributed by atoms with Crippen LogP contribution >= 0.6 is 0 Å². The molecule has 0 saturated heterocycles. The number of hydrogen-bond acceptors (Lipinski definition) is 4. The summed E-state index contributed by atoms with van der Waals surface area (Å²) >= 11 is 0. The molecule has 0 fully saturated rings. The fourth-order valence-electron chi connectivity index (χ4n) is 1.82. The van der Waals surface area contributed by atoms with Gasteiger partial charge in [0.15, 0.2) is 0 Å². The second-order valence-corrected chi connectivity index (χ2v) is 4.10. The molecular formula is C14H14FN3O2. The van der Waals surface area contributed by atoms with Crippen LogP contribution in [0.3, 0.4) is 0 Å². The number of methoxy groups -OCH3 is 1. The summed E-state index contributed by atoms with van der Waals surface area (Å²) in [6.07, 6.45) is 0. The molecule has 2 rings (SSSR count). The Kier molecular flexibility index (Phi) is 3.74. The lowest BCUT2D eigenvalue weighted by atomic mass is 10.1. The summed E-state index contributed by atoms with van der Waals surface area (Å²) in [4.78, 5) is 11.4. The van der Waals surface area contributed by atoms with E-state index in [1.165, 1.54) is 25.3 Å². The number of ether oxygens (including phenoxy) is 1. The number of halogens is 1. The third-order valence-corrected chi connectivity index (χ3v) is 2.79. The van der Waals surface area contributed by atoms with Crippen molar-refractivity contribution in [2.24, 2.45) is 5.73 Å². The smallest absolute Gasteiger partial charge is 0.250 e. The van der Waals surface area contributed by atoms with E-state index < -0.39 is 11.7 Å². The maximum absolute atomic E-state index is 13.2. The van der Waals surface area contributed by atoms with Gasteiger partial charge in [0.05, 0.1) is 29.7 Å². The van der Waals surface area contributed by atoms with Crippen molar-refractivity contribution >= 4 is 23.0 Å². The van der Waals surface area contributed by atoms with Crippen molar-refractivity contribution in [3.8, 4) is 5.75 Å². The fraction of sp³-hybridized carbons (Fsp3) is 0.0714. The quantitative estimate of drug-likeness (QED) is 0.746. The van der Waals surface area contributed by atoms with Crippen molar-refractivity contribution in [3.63, 3.8) is 0 Å². The zero-order valence-electron chi connectivity index (χ0n) is 10.8. The summed E-state index contributed by atoms with van der Waals surface area (Å²) < 4.78 is 18.2. The molecule has 104 valence electrons. The zero-order chi connectivity index (χ0) is 14.7. The summed E-state index contributed by atoms with van der Waals surface area (Å²) in [5.41, 5.74) is 12.6. The van der Waals surface area contributed by atoms with Crippen LogP contribution in [0.4, 0.5) is 21.5 Å². The molecule has 6 heteroatoms. The number of hydrogen-bond donors (Lipinski definition) is 3. The molecule has 0 aliphatic rings. The number of nitrogen functional groups attached to an aromatic ring is 1. The average molecular weight is 275 g/mol. The summed E-state index contributed by atoms with van der Waals surface area (Å²) in [5, 5.41) is 2.95. The van der Waals surface area contributed by atoms with Gasteiger partial charge in [0.2, 0.25) is 0 Å². The van der Waals surface area contributed by atoms with Crippen molar-refractivity contribution in [1.82, 2.24) is 0 Å². The van der Waals surface area contributed by atoms with Crippen LogP contribution < -0.4 is 21.5 Å². The number of anilines is 3. The molecule has 0 saturated carbocycles. The molecule has 0 bridgehead atoms. The Morgan fingerprint density at radius 2 is 2.05 bits per heavy atom. The largest absolute Gasteiger partial charge is 0.494 e. The van der Waals surface area contributed by atoms with Crippen LogP contribution in [0.15, 0.2) is 36.4 Å². The minimum Gasteiger partial charge on any atom is -0.494 e. The van der Waals surface area contributed by atoms with Gasteiger partial charge >= 0.3 is 0 Å². The molecule has 0 aliphatic carbocycles. The molecule has 0 radical (unpaired) electrons. The van der Waals surface area contributed by atoms with Gasteiger partial charge in [-0.25, -0.2) is 4.39 Å². The summed E-state index contributed by atoms with van der Waals surface area (Å²) in [5.74, 6) is -0.742. The number of nitrogens with two attached hydrogens (primary N) is 2. The summed E-state index contributed by atoms with van der Waals surface area (Å²) in [7, 11) is 1.42. The van der Waals surface area contributed by atoms with Gasteiger partial charge in [0, 0.05) is 6.07 Å². The molecular weight excluding hydrogens is 261 g/mol. The van der Waals surface area contributed by atoms with E-state index in [9.17, 15) is 9.18 Å². The monoisotopic (exact) mass is 275 g/mol. The number of amides is 1. The second kappa shape index (κ2) is 5.48. The zero-order valence-corrected chi connectivity index (χ0v) is 10.8. The van der Waals surface area contributed by atoms with Gasteiger partial charge in [0.25, 0.3) is 5.91 Å². The van der Waals surface area contributed by atoms with E-state index in [-0.39, 0.29) is 5.56 Å². The summed E-state index contributed by atoms with van der Waals surface area (Å²) in [6.45, 7) is 0. The Morgan fingerprint density at radius 1 is 1.30 bits per heavy atom. The Bertz CT molecular complexity index is 659. The first-order chi connectivity index (χ1) is 9.52. The number of para-hydroxylation sites is 1. The van der Waals surface area contributed by atoms with Gasteiger partial charge in [-0.2, -0.15) is 0 Å². The molecule has 0 unspecified atom stereocenters. The van der Waals surface area contributed by atoms with Crippen molar-refractivity contribution in [1.29, 1.82) is 0 Å². The molecule has 1 amide bonds. The van der Waals surface area contributed by atoms with Gasteiger partial charge < -0.3 is 21.5 Å². The van der Waals surface area contributed by atoms with E-state index in [1.54, 1.807) is 18.2 Å². The molecule has 0 aromatic heterocycles. The van der Waals surface area contributed by atoms with E-state index in [2.05, 4.69) is 5.32 Å². The highest BCUT2D eigenvalue weighted by Gasteiger charge is 2.13. The van der Waals surface area contributed by atoms with E-state index in [0.29, 0.717) is 22.8 Å². The van der Waals surface area contributed by atoms with Gasteiger partial charge in [-0.1, -0.05) is 6.07 Å². The number of nitrogens with one attached hydrogen (secondary N) is 1. The Hall–Kier alpha value is -2.76. The minimum atomic E-state index is -0.610. The van der Waals surface area contributed by atoms with E-state index in [0.717, 1.165) is 0 Å². The van der Waals surface area contributed by atoms with Crippen LogP contribution in [0.2, 0.25) is 0 Å². The standard InChI is InChI=1S/C14H14FN3O2/c1-20-12-7-8(15)5-6-11(12)18-13-9(14(17)19)3-2-4-10(13)16/h2-7,18H,16H2,1H3,(H2,17,19). The van der Waals surface area contributed by atoms with Crippen LogP contribution in [0, 0.1) is 5.82 Å². The fourth-order valence-corrected chi connectivity index (χ4v) is 1.82. The minimum absolute atomic E-state index is 0.247. The van der Waals surface area contributed by atoms with Crippen LogP contribution in [-0.4, -0.2) is 13.0 Å². The van der Waals surface area contributed by atoms with Crippen molar-refractivity contribution in [2.75, 3.05) is 18.2 Å². The Balaban J connectivity index is 2.47. The first-order valence-corrected chi connectivity index (χ1v) is 5.81. The van der Waals surface area contributed by atoms with Crippen LogP contribution in [0.1, 0.15) is 10.4 Å². The lowest BCUT2D eigenvalue weighted by Gasteiger charge is -2.15. The van der Waals surface area contributed by atoms with Gasteiger partial charge in [-0.15, -0.1) is 0 Å². The SMILES string of the molecule is COc1cc(F)ccc1Nc1c(N)cccc1C(N)=O.